The van der Waals surface area contributed by atoms with Crippen LogP contribution in [0.15, 0.2) is 40.0 Å². The molecule has 8 heteroatoms. The summed E-state index contributed by atoms with van der Waals surface area (Å²) in [6.07, 6.45) is 0.481. The normalized spacial score (nSPS) is 12.3. The third-order valence-corrected chi connectivity index (χ3v) is 4.19. The van der Waals surface area contributed by atoms with E-state index in [0.29, 0.717) is 29.1 Å². The summed E-state index contributed by atoms with van der Waals surface area (Å²) in [6, 6.07) is 7.94. The Bertz CT molecular complexity index is 816. The van der Waals surface area contributed by atoms with Gasteiger partial charge in [0.1, 0.15) is 11.6 Å². The molecule has 6 nitrogen and oxygen atoms in total. The van der Waals surface area contributed by atoms with E-state index < -0.39 is 0 Å². The zero-order chi connectivity index (χ0) is 17.1. The molecule has 0 saturated heterocycles. The summed E-state index contributed by atoms with van der Waals surface area (Å²) in [4.78, 5) is 12.9. The Hall–Kier alpha value is -2.48. The molecule has 124 valence electrons. The Morgan fingerprint density at radius 3 is 2.67 bits per heavy atom. The number of anilines is 1. The smallest absolute Gasteiger partial charge is 0.239 e. The maximum atomic E-state index is 12.9. The van der Waals surface area contributed by atoms with Crippen molar-refractivity contribution in [2.45, 2.75) is 30.7 Å². The molecular formula is C16H16FN5OS. The number of hydrogen-bond donors (Lipinski definition) is 1. The minimum atomic E-state index is -0.269. The molecule has 0 amide bonds. The largest absolute Gasteiger partial charge is 0.384 e. The van der Waals surface area contributed by atoms with Crippen molar-refractivity contribution in [1.29, 1.82) is 0 Å². The monoisotopic (exact) mass is 345 g/mol. The lowest BCUT2D eigenvalue weighted by molar-refractivity contribution is 0.375. The number of hydrogen-bond acceptors (Lipinski definition) is 7. The number of nitrogens with zero attached hydrogens (tertiary/aromatic N) is 4. The van der Waals surface area contributed by atoms with Crippen molar-refractivity contribution in [3.05, 3.63) is 59.1 Å². The summed E-state index contributed by atoms with van der Waals surface area (Å²) in [6.45, 7) is 3.79. The highest BCUT2D eigenvalue weighted by molar-refractivity contribution is 7.99. The lowest BCUT2D eigenvalue weighted by Gasteiger charge is -2.06. The van der Waals surface area contributed by atoms with Gasteiger partial charge in [-0.3, -0.25) is 0 Å². The van der Waals surface area contributed by atoms with E-state index in [0.717, 1.165) is 11.3 Å². The zero-order valence-electron chi connectivity index (χ0n) is 13.2. The number of thioether (sulfide) groups is 1. The van der Waals surface area contributed by atoms with Gasteiger partial charge in [-0.25, -0.2) is 14.4 Å². The van der Waals surface area contributed by atoms with Crippen LogP contribution in [0.1, 0.15) is 35.1 Å². The summed E-state index contributed by atoms with van der Waals surface area (Å²) in [5, 5.41) is 4.43. The standard InChI is InChI=1S/C16H16FN5OS/c1-9-7-13(18)20-16(19-9)24-10(2)15-21-14(22-23-15)8-11-3-5-12(17)6-4-11/h3-7,10H,8H2,1-2H3,(H2,18,19,20). The van der Waals surface area contributed by atoms with E-state index in [4.69, 9.17) is 10.3 Å². The molecule has 0 bridgehead atoms. The van der Waals surface area contributed by atoms with Gasteiger partial charge in [-0.1, -0.05) is 29.1 Å². The first kappa shape index (κ1) is 16.4. The lowest BCUT2D eigenvalue weighted by Crippen LogP contribution is -1.98. The van der Waals surface area contributed by atoms with Gasteiger partial charge in [-0.2, -0.15) is 4.98 Å². The van der Waals surface area contributed by atoms with Crippen LogP contribution >= 0.6 is 11.8 Å². The molecule has 2 heterocycles. The van der Waals surface area contributed by atoms with Crippen molar-refractivity contribution in [2.24, 2.45) is 0 Å². The molecule has 24 heavy (non-hydrogen) atoms. The Morgan fingerprint density at radius 1 is 1.21 bits per heavy atom. The molecule has 0 aliphatic carbocycles. The molecule has 3 aromatic rings. The molecule has 2 N–H and O–H groups in total. The van der Waals surface area contributed by atoms with E-state index in [1.54, 1.807) is 18.2 Å². The van der Waals surface area contributed by atoms with Gasteiger partial charge in [0.25, 0.3) is 0 Å². The molecule has 0 radical (unpaired) electrons. The van der Waals surface area contributed by atoms with Crippen LogP contribution in [0.25, 0.3) is 0 Å². The van der Waals surface area contributed by atoms with Gasteiger partial charge >= 0.3 is 0 Å². The third-order valence-electron chi connectivity index (χ3n) is 3.24. The van der Waals surface area contributed by atoms with E-state index in [2.05, 4.69) is 20.1 Å². The minimum absolute atomic E-state index is 0.110. The molecule has 0 spiro atoms. The molecule has 1 unspecified atom stereocenters. The van der Waals surface area contributed by atoms with E-state index >= 15 is 0 Å². The second-order valence-electron chi connectivity index (χ2n) is 5.33. The van der Waals surface area contributed by atoms with Gasteiger partial charge in [0.2, 0.25) is 5.89 Å². The van der Waals surface area contributed by atoms with Crippen LogP contribution in [0, 0.1) is 12.7 Å². The predicted octanol–water partition coefficient (Wildman–Crippen LogP) is 3.33. The van der Waals surface area contributed by atoms with Crippen molar-refractivity contribution in [3.8, 4) is 0 Å². The van der Waals surface area contributed by atoms with E-state index in [-0.39, 0.29) is 11.1 Å². The van der Waals surface area contributed by atoms with Crippen LogP contribution in [0.3, 0.4) is 0 Å². The molecule has 0 aliphatic rings. The van der Waals surface area contributed by atoms with Crippen LogP contribution < -0.4 is 5.73 Å². The summed E-state index contributed by atoms with van der Waals surface area (Å²) in [5.74, 6) is 1.20. The van der Waals surface area contributed by atoms with Crippen LogP contribution in [-0.4, -0.2) is 20.1 Å². The fourth-order valence-electron chi connectivity index (χ4n) is 2.12. The Labute approximate surface area is 142 Å². The zero-order valence-corrected chi connectivity index (χ0v) is 14.0. The van der Waals surface area contributed by atoms with Gasteiger partial charge in [0, 0.05) is 18.2 Å². The number of halogens is 1. The van der Waals surface area contributed by atoms with Crippen molar-refractivity contribution in [1.82, 2.24) is 20.1 Å². The Morgan fingerprint density at radius 2 is 1.96 bits per heavy atom. The molecule has 1 aromatic carbocycles. The van der Waals surface area contributed by atoms with Crippen LogP contribution in [-0.2, 0) is 6.42 Å². The predicted molar refractivity (Wildman–Crippen MR) is 89.0 cm³/mol. The summed E-state index contributed by atoms with van der Waals surface area (Å²) >= 11 is 1.40. The number of nitrogens with two attached hydrogens (primary N) is 1. The van der Waals surface area contributed by atoms with E-state index in [9.17, 15) is 4.39 Å². The first-order valence-electron chi connectivity index (χ1n) is 7.34. The maximum absolute atomic E-state index is 12.9. The van der Waals surface area contributed by atoms with E-state index in [1.165, 1.54) is 23.9 Å². The third kappa shape index (κ3) is 4.08. The first-order chi connectivity index (χ1) is 11.5. The first-order valence-corrected chi connectivity index (χ1v) is 8.22. The number of aromatic nitrogens is 4. The highest BCUT2D eigenvalue weighted by Gasteiger charge is 2.17. The van der Waals surface area contributed by atoms with Gasteiger partial charge in [0.05, 0.1) is 5.25 Å². The van der Waals surface area contributed by atoms with Gasteiger partial charge in [-0.05, 0) is 31.5 Å². The molecule has 2 aromatic heterocycles. The number of rotatable bonds is 5. The molecule has 3 rings (SSSR count). The van der Waals surface area contributed by atoms with Gasteiger partial charge in [-0.15, -0.1) is 0 Å². The number of aryl methyl sites for hydroxylation is 1. The SMILES string of the molecule is Cc1cc(N)nc(SC(C)c2nc(Cc3ccc(F)cc3)no2)n1. The second kappa shape index (κ2) is 6.96. The van der Waals surface area contributed by atoms with Crippen molar-refractivity contribution >= 4 is 17.6 Å². The minimum Gasteiger partial charge on any atom is -0.384 e. The van der Waals surface area contributed by atoms with Crippen LogP contribution in [0.2, 0.25) is 0 Å². The fourth-order valence-corrected chi connectivity index (χ4v) is 2.98. The van der Waals surface area contributed by atoms with Gasteiger partial charge in [0.15, 0.2) is 11.0 Å². The molecule has 0 aliphatic heterocycles. The molecule has 1 atom stereocenters. The highest BCUT2D eigenvalue weighted by atomic mass is 32.2. The number of nitrogen functional groups attached to an aromatic ring is 1. The van der Waals surface area contributed by atoms with Crippen molar-refractivity contribution in [2.75, 3.05) is 5.73 Å². The summed E-state index contributed by atoms with van der Waals surface area (Å²) < 4.78 is 18.2. The quantitative estimate of drug-likeness (QED) is 0.560. The highest BCUT2D eigenvalue weighted by Crippen LogP contribution is 2.32. The van der Waals surface area contributed by atoms with Crippen molar-refractivity contribution < 1.29 is 8.91 Å². The topological polar surface area (TPSA) is 90.7 Å². The molecular weight excluding hydrogens is 329 g/mol. The van der Waals surface area contributed by atoms with Crippen molar-refractivity contribution in [3.63, 3.8) is 0 Å². The number of benzene rings is 1. The Kier molecular flexibility index (Phi) is 4.75. The summed E-state index contributed by atoms with van der Waals surface area (Å²) in [7, 11) is 0. The molecule has 0 saturated carbocycles. The second-order valence-corrected chi connectivity index (χ2v) is 6.64. The van der Waals surface area contributed by atoms with Gasteiger partial charge < -0.3 is 10.3 Å². The summed E-state index contributed by atoms with van der Waals surface area (Å²) in [5.41, 5.74) is 7.45. The van der Waals surface area contributed by atoms with Crippen LogP contribution in [0.4, 0.5) is 10.2 Å². The average molecular weight is 345 g/mol. The molecule has 0 fully saturated rings. The maximum Gasteiger partial charge on any atom is 0.239 e. The van der Waals surface area contributed by atoms with E-state index in [1.807, 2.05) is 13.8 Å². The lowest BCUT2D eigenvalue weighted by atomic mass is 10.1. The fraction of sp³-hybridized carbons (Fsp3) is 0.250. The van der Waals surface area contributed by atoms with Crippen LogP contribution in [0.5, 0.6) is 0 Å². The Balaban J connectivity index is 1.69. The average Bonchev–Trinajstić information content (AvgIpc) is 2.97.